The monoisotopic (exact) mass is 731 g/mol. The molecule has 262 valence electrons. The average molecular weight is 732 g/mol. The molecule has 0 spiro atoms. The second-order valence-corrected chi connectivity index (χ2v) is 15.2. The summed E-state index contributed by atoms with van der Waals surface area (Å²) in [5.74, 6) is 0.696. The normalized spacial score (nSPS) is 11.6. The zero-order valence-electron chi connectivity index (χ0n) is 30.3. The zero-order valence-corrected chi connectivity index (χ0v) is 31.1. The van der Waals surface area contributed by atoms with Crippen molar-refractivity contribution in [2.45, 2.75) is 0 Å². The predicted octanol–water partition coefficient (Wildman–Crippen LogP) is 14.3. The molecule has 0 N–H and O–H groups in total. The number of aromatic nitrogens is 3. The molecule has 0 unspecified atom stereocenters. The molecule has 0 atom stereocenters. The molecule has 0 fully saturated rings. The van der Waals surface area contributed by atoms with Crippen molar-refractivity contribution in [3.8, 4) is 61.8 Å². The van der Waals surface area contributed by atoms with Crippen molar-refractivity contribution in [2.24, 2.45) is 0 Å². The molecule has 4 heteroatoms. The van der Waals surface area contributed by atoms with Gasteiger partial charge in [0.25, 0.3) is 0 Å². The van der Waals surface area contributed by atoms with E-state index in [1.165, 1.54) is 53.2 Å². The van der Waals surface area contributed by atoms with E-state index in [2.05, 4.69) is 193 Å². The minimum Gasteiger partial charge on any atom is -0.309 e. The van der Waals surface area contributed by atoms with Crippen LogP contribution in [0.1, 0.15) is 0 Å². The third-order valence-electron chi connectivity index (χ3n) is 10.8. The van der Waals surface area contributed by atoms with Crippen LogP contribution in [0.4, 0.5) is 0 Å². The van der Waals surface area contributed by atoms with Crippen LogP contribution in [0.3, 0.4) is 0 Å². The van der Waals surface area contributed by atoms with Crippen LogP contribution in [-0.2, 0) is 0 Å². The van der Waals surface area contributed by atoms with Crippen molar-refractivity contribution in [1.82, 2.24) is 14.5 Å². The maximum absolute atomic E-state index is 5.20. The van der Waals surface area contributed by atoms with E-state index in [1.807, 2.05) is 23.5 Å². The topological polar surface area (TPSA) is 30.7 Å². The average Bonchev–Trinajstić information content (AvgIpc) is 3.82. The Bertz CT molecular complexity index is 3160. The van der Waals surface area contributed by atoms with Gasteiger partial charge in [-0.3, -0.25) is 0 Å². The fraction of sp³-hybridized carbons (Fsp3) is 0. The Balaban J connectivity index is 1.17. The van der Waals surface area contributed by atoms with E-state index in [0.717, 1.165) is 44.8 Å². The lowest BCUT2D eigenvalue weighted by Gasteiger charge is -2.13. The Morgan fingerprint density at radius 2 is 0.929 bits per heavy atom. The lowest BCUT2D eigenvalue weighted by atomic mass is 9.99. The summed E-state index contributed by atoms with van der Waals surface area (Å²) in [7, 11) is 0. The van der Waals surface area contributed by atoms with E-state index in [-0.39, 0.29) is 0 Å². The Kier molecular flexibility index (Phi) is 7.68. The van der Waals surface area contributed by atoms with Gasteiger partial charge in [-0.05, 0) is 59.2 Å². The van der Waals surface area contributed by atoms with Crippen molar-refractivity contribution in [3.05, 3.63) is 200 Å². The summed E-state index contributed by atoms with van der Waals surface area (Å²) in [5.41, 5.74) is 13.1. The molecular formula is C52H33N3S. The van der Waals surface area contributed by atoms with Crippen molar-refractivity contribution in [2.75, 3.05) is 0 Å². The van der Waals surface area contributed by atoms with Crippen molar-refractivity contribution in [3.63, 3.8) is 0 Å². The number of benzene rings is 8. The third-order valence-corrected chi connectivity index (χ3v) is 12.0. The molecular weight excluding hydrogens is 699 g/mol. The Morgan fingerprint density at radius 3 is 1.61 bits per heavy atom. The molecule has 0 bridgehead atoms. The van der Waals surface area contributed by atoms with Crippen LogP contribution in [0.2, 0.25) is 0 Å². The zero-order chi connectivity index (χ0) is 37.0. The molecule has 0 aliphatic rings. The van der Waals surface area contributed by atoms with Gasteiger partial charge in [0.05, 0.1) is 22.4 Å². The molecule has 0 aliphatic heterocycles. The number of rotatable bonds is 6. The Morgan fingerprint density at radius 1 is 0.357 bits per heavy atom. The van der Waals surface area contributed by atoms with Crippen LogP contribution in [0.5, 0.6) is 0 Å². The quantitative estimate of drug-likeness (QED) is 0.170. The molecule has 3 heterocycles. The highest BCUT2D eigenvalue weighted by Gasteiger charge is 2.19. The second kappa shape index (κ2) is 13.3. The van der Waals surface area contributed by atoms with E-state index in [0.29, 0.717) is 5.82 Å². The SMILES string of the molecule is c1ccc(-c2ccc3sc4c(-c5ccccc5)cc(-n5c6ccccc6c6ccc(-c7nc(-c8ccccc8)cc(-c8ccccc8)n7)cc65)cc4c3c2)cc1. The van der Waals surface area contributed by atoms with E-state index >= 15 is 0 Å². The summed E-state index contributed by atoms with van der Waals surface area (Å²) in [5, 5.41) is 4.93. The van der Waals surface area contributed by atoms with Crippen LogP contribution in [0.15, 0.2) is 200 Å². The van der Waals surface area contributed by atoms with Crippen LogP contribution in [0, 0.1) is 0 Å². The predicted molar refractivity (Wildman–Crippen MR) is 236 cm³/mol. The Hall–Kier alpha value is -7.14. The maximum atomic E-state index is 5.20. The van der Waals surface area contributed by atoms with Gasteiger partial charge in [0, 0.05) is 58.9 Å². The van der Waals surface area contributed by atoms with Gasteiger partial charge in [0.2, 0.25) is 0 Å². The van der Waals surface area contributed by atoms with Crippen LogP contribution < -0.4 is 0 Å². The van der Waals surface area contributed by atoms with Gasteiger partial charge in [-0.25, -0.2) is 9.97 Å². The third kappa shape index (κ3) is 5.50. The maximum Gasteiger partial charge on any atom is 0.160 e. The summed E-state index contributed by atoms with van der Waals surface area (Å²) in [6.07, 6.45) is 0. The molecule has 0 aliphatic carbocycles. The van der Waals surface area contributed by atoms with Crippen LogP contribution >= 0.6 is 11.3 Å². The fourth-order valence-electron chi connectivity index (χ4n) is 8.11. The van der Waals surface area contributed by atoms with Crippen molar-refractivity contribution >= 4 is 53.3 Å². The molecule has 3 aromatic heterocycles. The van der Waals surface area contributed by atoms with Gasteiger partial charge < -0.3 is 4.57 Å². The van der Waals surface area contributed by atoms with E-state index < -0.39 is 0 Å². The van der Waals surface area contributed by atoms with E-state index in [1.54, 1.807) is 0 Å². The number of nitrogens with zero attached hydrogens (tertiary/aromatic N) is 3. The van der Waals surface area contributed by atoms with Gasteiger partial charge in [0.1, 0.15) is 0 Å². The highest BCUT2D eigenvalue weighted by atomic mass is 32.1. The number of hydrogen-bond donors (Lipinski definition) is 0. The molecule has 3 nitrogen and oxygen atoms in total. The largest absolute Gasteiger partial charge is 0.309 e. The Labute approximate surface area is 328 Å². The number of para-hydroxylation sites is 1. The van der Waals surface area contributed by atoms with Crippen LogP contribution in [0.25, 0.3) is 104 Å². The summed E-state index contributed by atoms with van der Waals surface area (Å²) in [4.78, 5) is 10.4. The highest BCUT2D eigenvalue weighted by Crippen LogP contribution is 2.44. The van der Waals surface area contributed by atoms with Gasteiger partial charge >= 0.3 is 0 Å². The summed E-state index contributed by atoms with van der Waals surface area (Å²) in [6, 6.07) is 71.5. The number of fused-ring (bicyclic) bond motifs is 6. The molecule has 56 heavy (non-hydrogen) atoms. The molecule has 11 rings (SSSR count). The first-order chi connectivity index (χ1) is 27.7. The fourth-order valence-corrected chi connectivity index (χ4v) is 9.31. The smallest absolute Gasteiger partial charge is 0.160 e. The number of hydrogen-bond acceptors (Lipinski definition) is 3. The van der Waals surface area contributed by atoms with Gasteiger partial charge in [-0.15, -0.1) is 11.3 Å². The molecule has 0 saturated carbocycles. The summed E-state index contributed by atoms with van der Waals surface area (Å²) in [6.45, 7) is 0. The van der Waals surface area contributed by atoms with Gasteiger partial charge in [0.15, 0.2) is 5.82 Å². The first-order valence-corrected chi connectivity index (χ1v) is 19.7. The van der Waals surface area contributed by atoms with Gasteiger partial charge in [-0.1, -0.05) is 158 Å². The first-order valence-electron chi connectivity index (χ1n) is 18.9. The molecule has 0 saturated heterocycles. The molecule has 0 radical (unpaired) electrons. The molecule has 11 aromatic rings. The second-order valence-electron chi connectivity index (χ2n) is 14.2. The van der Waals surface area contributed by atoms with Gasteiger partial charge in [-0.2, -0.15) is 0 Å². The van der Waals surface area contributed by atoms with E-state index in [9.17, 15) is 0 Å². The lowest BCUT2D eigenvalue weighted by molar-refractivity contribution is 1.17. The molecule has 8 aromatic carbocycles. The minimum atomic E-state index is 0.696. The minimum absolute atomic E-state index is 0.696. The van der Waals surface area contributed by atoms with Crippen LogP contribution in [-0.4, -0.2) is 14.5 Å². The summed E-state index contributed by atoms with van der Waals surface area (Å²) >= 11 is 1.87. The first kappa shape index (κ1) is 32.3. The standard InChI is InChI=1S/C52H33N3S/c1-5-15-34(16-6-1)38-26-28-50-44(29-38)45-32-40(31-43(51(45)56-50)35-17-7-2-8-18-35)55-48-24-14-13-23-41(48)42-27-25-39(30-49(42)55)52-53-46(36-19-9-3-10-20-36)33-47(54-52)37-21-11-4-12-22-37/h1-33H. The number of thiophene rings is 1. The summed E-state index contributed by atoms with van der Waals surface area (Å²) < 4.78 is 5.01. The molecule has 0 amide bonds. The van der Waals surface area contributed by atoms with E-state index in [4.69, 9.17) is 9.97 Å². The van der Waals surface area contributed by atoms with Crippen molar-refractivity contribution < 1.29 is 0 Å². The highest BCUT2D eigenvalue weighted by molar-refractivity contribution is 7.26. The van der Waals surface area contributed by atoms with Crippen molar-refractivity contribution in [1.29, 1.82) is 0 Å². The lowest BCUT2D eigenvalue weighted by Crippen LogP contribution is -1.97.